The second-order valence-electron chi connectivity index (χ2n) is 4.11. The van der Waals surface area contributed by atoms with Crippen LogP contribution in [0.15, 0.2) is 34.5 Å². The van der Waals surface area contributed by atoms with Crippen LogP contribution < -0.4 is 5.32 Å². The van der Waals surface area contributed by atoms with Crippen LogP contribution in [0.1, 0.15) is 33.3 Å². The number of thiophene rings is 1. The molecule has 5 heteroatoms. The first-order valence-electron chi connectivity index (χ1n) is 5.70. The Balaban J connectivity index is 1.77. The van der Waals surface area contributed by atoms with E-state index in [1.54, 1.807) is 6.07 Å². The van der Waals surface area contributed by atoms with Crippen molar-refractivity contribution in [3.63, 3.8) is 0 Å². The summed E-state index contributed by atoms with van der Waals surface area (Å²) in [5.74, 6) is -0.0903. The minimum Gasteiger partial charge on any atom is -0.472 e. The number of hydrogen-bond acceptors (Lipinski definition) is 4. The summed E-state index contributed by atoms with van der Waals surface area (Å²) in [5.41, 5.74) is 1.82. The molecule has 0 spiro atoms. The molecule has 0 aliphatic carbocycles. The molecule has 2 rings (SSSR count). The molecular weight excluding hydrogens is 250 g/mol. The Morgan fingerprint density at radius 1 is 1.61 bits per heavy atom. The molecule has 0 aliphatic rings. The lowest BCUT2D eigenvalue weighted by Gasteiger charge is -2.08. The predicted molar refractivity (Wildman–Crippen MR) is 69.7 cm³/mol. The lowest BCUT2D eigenvalue weighted by Crippen LogP contribution is -2.24. The molecule has 1 amide bonds. The normalized spacial score (nSPS) is 12.3. The van der Waals surface area contributed by atoms with Gasteiger partial charge in [-0.15, -0.1) is 11.3 Å². The van der Waals surface area contributed by atoms with E-state index in [0.717, 1.165) is 11.1 Å². The number of nitrogens with one attached hydrogen (secondary N) is 1. The number of rotatable bonds is 5. The van der Waals surface area contributed by atoms with Crippen LogP contribution in [0.4, 0.5) is 0 Å². The maximum absolute atomic E-state index is 11.7. The predicted octanol–water partition coefficient (Wildman–Crippen LogP) is 2.50. The van der Waals surface area contributed by atoms with E-state index < -0.39 is 6.10 Å². The molecule has 0 unspecified atom stereocenters. The van der Waals surface area contributed by atoms with Crippen molar-refractivity contribution in [3.05, 3.63) is 46.0 Å². The molecule has 2 N–H and O–H groups in total. The van der Waals surface area contributed by atoms with Crippen LogP contribution in [0.2, 0.25) is 0 Å². The van der Waals surface area contributed by atoms with Gasteiger partial charge in [0.2, 0.25) is 0 Å². The first-order chi connectivity index (χ1) is 8.66. The van der Waals surface area contributed by atoms with Crippen molar-refractivity contribution < 1.29 is 14.3 Å². The van der Waals surface area contributed by atoms with Crippen LogP contribution in [-0.4, -0.2) is 17.6 Å². The van der Waals surface area contributed by atoms with Crippen molar-refractivity contribution in [3.8, 4) is 0 Å². The average Bonchev–Trinajstić information content (AvgIpc) is 2.99. The number of carbonyl (C=O) groups excluding carboxylic acids is 1. The monoisotopic (exact) mass is 265 g/mol. The Morgan fingerprint density at radius 2 is 2.44 bits per heavy atom. The van der Waals surface area contributed by atoms with Gasteiger partial charge >= 0.3 is 0 Å². The second kappa shape index (κ2) is 5.84. The smallest absolute Gasteiger partial charge is 0.261 e. The molecule has 18 heavy (non-hydrogen) atoms. The Bertz CT molecular complexity index is 504. The van der Waals surface area contributed by atoms with E-state index in [9.17, 15) is 9.90 Å². The van der Waals surface area contributed by atoms with E-state index in [1.807, 2.05) is 18.4 Å². The lowest BCUT2D eigenvalue weighted by atomic mass is 10.1. The number of amides is 1. The molecule has 0 saturated heterocycles. The minimum absolute atomic E-state index is 0.0903. The third-order valence-electron chi connectivity index (χ3n) is 2.59. The van der Waals surface area contributed by atoms with Crippen molar-refractivity contribution in [1.29, 1.82) is 0 Å². The third-order valence-corrected chi connectivity index (χ3v) is 3.63. The highest BCUT2D eigenvalue weighted by Crippen LogP contribution is 2.16. The van der Waals surface area contributed by atoms with Crippen LogP contribution in [0, 0.1) is 6.92 Å². The molecule has 96 valence electrons. The Kier molecular flexibility index (Phi) is 4.17. The zero-order chi connectivity index (χ0) is 13.0. The molecule has 2 aromatic rings. The van der Waals surface area contributed by atoms with Crippen molar-refractivity contribution >= 4 is 17.2 Å². The van der Waals surface area contributed by atoms with Gasteiger partial charge in [-0.3, -0.25) is 4.79 Å². The standard InChI is InChI=1S/C13H15NO3S/c1-9-6-12(18-8-9)13(16)14-4-2-11(15)10-3-5-17-7-10/h3,5-8,11,15H,2,4H2,1H3,(H,14,16)/t11-/m1/s1. The van der Waals surface area contributed by atoms with Gasteiger partial charge in [0.05, 0.1) is 23.5 Å². The van der Waals surface area contributed by atoms with Crippen LogP contribution in [0.5, 0.6) is 0 Å². The summed E-state index contributed by atoms with van der Waals surface area (Å²) in [6.45, 7) is 2.39. The molecule has 2 aromatic heterocycles. The Morgan fingerprint density at radius 3 is 3.06 bits per heavy atom. The molecular formula is C13H15NO3S. The first kappa shape index (κ1) is 12.9. The van der Waals surface area contributed by atoms with Gasteiger partial charge in [0, 0.05) is 12.1 Å². The highest BCUT2D eigenvalue weighted by molar-refractivity contribution is 7.12. The fourth-order valence-electron chi connectivity index (χ4n) is 1.59. The van der Waals surface area contributed by atoms with Crippen LogP contribution >= 0.6 is 11.3 Å². The number of furan rings is 1. The zero-order valence-electron chi connectivity index (χ0n) is 10.1. The van der Waals surface area contributed by atoms with Gasteiger partial charge in [0.1, 0.15) is 0 Å². The van der Waals surface area contributed by atoms with E-state index in [4.69, 9.17) is 4.42 Å². The SMILES string of the molecule is Cc1csc(C(=O)NCC[C@@H](O)c2ccoc2)c1. The second-order valence-corrected chi connectivity index (χ2v) is 5.02. The first-order valence-corrected chi connectivity index (χ1v) is 6.58. The van der Waals surface area contributed by atoms with E-state index >= 15 is 0 Å². The van der Waals surface area contributed by atoms with Gasteiger partial charge in [-0.05, 0) is 36.4 Å². The van der Waals surface area contributed by atoms with Gasteiger partial charge in [0.25, 0.3) is 5.91 Å². The lowest BCUT2D eigenvalue weighted by molar-refractivity contribution is 0.0946. The van der Waals surface area contributed by atoms with Crippen molar-refractivity contribution in [1.82, 2.24) is 5.32 Å². The number of aryl methyl sites for hydroxylation is 1. The fourth-order valence-corrected chi connectivity index (χ4v) is 2.41. The van der Waals surface area contributed by atoms with E-state index in [2.05, 4.69) is 5.32 Å². The molecule has 0 aliphatic heterocycles. The number of aliphatic hydroxyl groups excluding tert-OH is 1. The molecule has 0 aromatic carbocycles. The minimum atomic E-state index is -0.603. The Labute approximate surface area is 109 Å². The fraction of sp³-hybridized carbons (Fsp3) is 0.308. The molecule has 2 heterocycles. The van der Waals surface area contributed by atoms with Crippen molar-refractivity contribution in [2.45, 2.75) is 19.4 Å². The van der Waals surface area contributed by atoms with E-state index in [1.165, 1.54) is 23.9 Å². The molecule has 0 fully saturated rings. The molecule has 0 saturated carbocycles. The highest BCUT2D eigenvalue weighted by atomic mass is 32.1. The summed E-state index contributed by atoms with van der Waals surface area (Å²) >= 11 is 1.42. The summed E-state index contributed by atoms with van der Waals surface area (Å²) < 4.78 is 4.89. The van der Waals surface area contributed by atoms with Gasteiger partial charge in [-0.1, -0.05) is 0 Å². The quantitative estimate of drug-likeness (QED) is 0.873. The molecule has 4 nitrogen and oxygen atoms in total. The van der Waals surface area contributed by atoms with E-state index in [0.29, 0.717) is 17.8 Å². The van der Waals surface area contributed by atoms with Gasteiger partial charge in [-0.2, -0.15) is 0 Å². The summed E-state index contributed by atoms with van der Waals surface area (Å²) in [4.78, 5) is 12.4. The van der Waals surface area contributed by atoms with Crippen LogP contribution in [-0.2, 0) is 0 Å². The summed E-state index contributed by atoms with van der Waals surface area (Å²) in [5, 5.41) is 14.5. The topological polar surface area (TPSA) is 62.5 Å². The summed E-state index contributed by atoms with van der Waals surface area (Å²) in [7, 11) is 0. The molecule has 0 bridgehead atoms. The van der Waals surface area contributed by atoms with Gasteiger partial charge in [-0.25, -0.2) is 0 Å². The van der Waals surface area contributed by atoms with E-state index in [-0.39, 0.29) is 5.91 Å². The maximum atomic E-state index is 11.7. The number of hydrogen-bond donors (Lipinski definition) is 2. The Hall–Kier alpha value is -1.59. The third kappa shape index (κ3) is 3.21. The number of aliphatic hydroxyl groups is 1. The van der Waals surface area contributed by atoms with Crippen molar-refractivity contribution in [2.24, 2.45) is 0 Å². The van der Waals surface area contributed by atoms with Crippen LogP contribution in [0.3, 0.4) is 0 Å². The van der Waals surface area contributed by atoms with Crippen LogP contribution in [0.25, 0.3) is 0 Å². The maximum Gasteiger partial charge on any atom is 0.261 e. The van der Waals surface area contributed by atoms with Gasteiger partial charge in [0.15, 0.2) is 0 Å². The van der Waals surface area contributed by atoms with Crippen molar-refractivity contribution in [2.75, 3.05) is 6.54 Å². The van der Waals surface area contributed by atoms with Gasteiger partial charge < -0.3 is 14.8 Å². The number of carbonyl (C=O) groups is 1. The molecule has 1 atom stereocenters. The average molecular weight is 265 g/mol. The largest absolute Gasteiger partial charge is 0.472 e. The molecule has 0 radical (unpaired) electrons. The highest BCUT2D eigenvalue weighted by Gasteiger charge is 2.11. The summed E-state index contributed by atoms with van der Waals surface area (Å²) in [6, 6.07) is 3.57. The zero-order valence-corrected chi connectivity index (χ0v) is 10.9. The summed E-state index contributed by atoms with van der Waals surface area (Å²) in [6.07, 6.45) is 2.89.